The topological polar surface area (TPSA) is 106 Å². The van der Waals surface area contributed by atoms with E-state index in [0.29, 0.717) is 28.7 Å². The number of ether oxygens (including phenoxy) is 1. The summed E-state index contributed by atoms with van der Waals surface area (Å²) < 4.78 is 4.72. The van der Waals surface area contributed by atoms with Crippen molar-refractivity contribution >= 4 is 28.5 Å². The van der Waals surface area contributed by atoms with Crippen LogP contribution in [0.4, 0.5) is 9.93 Å². The molecule has 0 aliphatic carbocycles. The van der Waals surface area contributed by atoms with Gasteiger partial charge < -0.3 is 10.1 Å². The van der Waals surface area contributed by atoms with E-state index in [-0.39, 0.29) is 12.4 Å². The molecule has 0 aromatic carbocycles. The minimum absolute atomic E-state index is 0.110. The second-order valence-corrected chi connectivity index (χ2v) is 6.42. The summed E-state index contributed by atoms with van der Waals surface area (Å²) in [5.41, 5.74) is 0.0294. The number of amides is 2. The van der Waals surface area contributed by atoms with E-state index >= 15 is 0 Å². The van der Waals surface area contributed by atoms with Crippen LogP contribution in [-0.4, -0.2) is 39.8 Å². The molecule has 2 N–H and O–H groups in total. The van der Waals surface area contributed by atoms with E-state index < -0.39 is 11.6 Å². The Morgan fingerprint density at radius 1 is 1.24 bits per heavy atom. The molecule has 2 amide bonds. The molecule has 0 spiro atoms. The molecule has 8 nitrogen and oxygen atoms in total. The van der Waals surface area contributed by atoms with Gasteiger partial charge >= 0.3 is 12.0 Å². The molecule has 25 heavy (non-hydrogen) atoms. The van der Waals surface area contributed by atoms with Crippen molar-refractivity contribution < 1.29 is 14.3 Å². The smallest absolute Gasteiger partial charge is 0.321 e. The molecule has 0 bridgehead atoms. The molecule has 0 aliphatic rings. The van der Waals surface area contributed by atoms with Crippen LogP contribution in [-0.2, 0) is 9.53 Å². The summed E-state index contributed by atoms with van der Waals surface area (Å²) in [6.07, 6.45) is 2.97. The van der Waals surface area contributed by atoms with Gasteiger partial charge in [-0.3, -0.25) is 15.1 Å². The Bertz CT molecular complexity index is 716. The predicted octanol–water partition coefficient (Wildman–Crippen LogP) is 2.84. The number of hydrogen-bond acceptors (Lipinski definition) is 7. The molecule has 0 aliphatic heterocycles. The Kier molecular flexibility index (Phi) is 6.40. The van der Waals surface area contributed by atoms with Gasteiger partial charge in [0, 0.05) is 6.20 Å². The minimum Gasteiger partial charge on any atom is -0.469 e. The second-order valence-electron chi connectivity index (χ2n) is 5.45. The number of methoxy groups -OCH3 is 1. The summed E-state index contributed by atoms with van der Waals surface area (Å²) in [5, 5.41) is 14.5. The largest absolute Gasteiger partial charge is 0.469 e. The van der Waals surface area contributed by atoms with Gasteiger partial charge in [-0.1, -0.05) is 31.3 Å². The first-order valence-electron chi connectivity index (χ1n) is 7.92. The molecule has 0 radical (unpaired) electrons. The zero-order valence-electron chi connectivity index (χ0n) is 14.4. The molecule has 2 heterocycles. The number of carbonyl (C=O) groups excluding carboxylic acids is 2. The van der Waals surface area contributed by atoms with E-state index in [1.807, 2.05) is 32.0 Å². The number of carbonyl (C=O) groups is 2. The number of hydrogen-bond donors (Lipinski definition) is 2. The van der Waals surface area contributed by atoms with Gasteiger partial charge in [-0.25, -0.2) is 4.79 Å². The summed E-state index contributed by atoms with van der Waals surface area (Å²) in [5.74, 6) is -0.364. The third-order valence-electron chi connectivity index (χ3n) is 3.97. The van der Waals surface area contributed by atoms with Crippen molar-refractivity contribution in [2.24, 2.45) is 0 Å². The molecule has 9 heteroatoms. The fraction of sp³-hybridized carbons (Fsp3) is 0.438. The minimum atomic E-state index is -0.661. The van der Waals surface area contributed by atoms with E-state index in [1.54, 1.807) is 6.20 Å². The molecule has 134 valence electrons. The molecule has 0 atom stereocenters. The first kappa shape index (κ1) is 18.8. The van der Waals surface area contributed by atoms with E-state index in [4.69, 9.17) is 4.74 Å². The zero-order chi connectivity index (χ0) is 18.3. The van der Waals surface area contributed by atoms with Gasteiger partial charge in [0.15, 0.2) is 5.01 Å². The van der Waals surface area contributed by atoms with Gasteiger partial charge in [0.05, 0.1) is 19.1 Å². The summed E-state index contributed by atoms with van der Waals surface area (Å²) in [4.78, 5) is 28.1. The molecule has 2 aromatic rings. The number of rotatable bonds is 7. The maximum atomic E-state index is 12.3. The molecule has 0 saturated carbocycles. The highest BCUT2D eigenvalue weighted by Crippen LogP contribution is 2.25. The first-order valence-corrected chi connectivity index (χ1v) is 8.74. The Morgan fingerprint density at radius 3 is 2.60 bits per heavy atom. The van der Waals surface area contributed by atoms with Crippen molar-refractivity contribution in [2.75, 3.05) is 12.4 Å². The molecule has 0 unspecified atom stereocenters. The fourth-order valence-corrected chi connectivity index (χ4v) is 3.02. The quantitative estimate of drug-likeness (QED) is 0.733. The van der Waals surface area contributed by atoms with Gasteiger partial charge in [0.2, 0.25) is 5.13 Å². The Morgan fingerprint density at radius 2 is 2.00 bits per heavy atom. The lowest BCUT2D eigenvalue weighted by molar-refractivity contribution is -0.142. The van der Waals surface area contributed by atoms with Crippen LogP contribution >= 0.6 is 11.3 Å². The third-order valence-corrected chi connectivity index (χ3v) is 4.83. The highest BCUT2D eigenvalue weighted by molar-refractivity contribution is 7.18. The molecule has 0 saturated heterocycles. The first-order chi connectivity index (χ1) is 12.0. The predicted molar refractivity (Wildman–Crippen MR) is 95.2 cm³/mol. The number of esters is 1. The maximum Gasteiger partial charge on any atom is 0.321 e. The number of anilines is 1. The van der Waals surface area contributed by atoms with Crippen molar-refractivity contribution in [3.05, 3.63) is 24.4 Å². The SMILES string of the molecule is CCC(CC)(CC(=O)OC)NC(=O)Nc1nnc(-c2ccccn2)s1. The lowest BCUT2D eigenvalue weighted by atomic mass is 9.89. The average Bonchev–Trinajstić information content (AvgIpc) is 3.10. The fourth-order valence-electron chi connectivity index (χ4n) is 2.31. The van der Waals surface area contributed by atoms with Gasteiger partial charge in [-0.15, -0.1) is 10.2 Å². The van der Waals surface area contributed by atoms with Crippen LogP contribution < -0.4 is 10.6 Å². The van der Waals surface area contributed by atoms with Gasteiger partial charge in [-0.2, -0.15) is 0 Å². The lowest BCUT2D eigenvalue weighted by Crippen LogP contribution is -2.50. The van der Waals surface area contributed by atoms with Crippen molar-refractivity contribution in [1.29, 1.82) is 0 Å². The van der Waals surface area contributed by atoms with E-state index in [1.165, 1.54) is 18.4 Å². The van der Waals surface area contributed by atoms with Gasteiger partial charge in [-0.05, 0) is 25.0 Å². The van der Waals surface area contributed by atoms with E-state index in [2.05, 4.69) is 25.8 Å². The van der Waals surface area contributed by atoms with Crippen molar-refractivity contribution in [3.8, 4) is 10.7 Å². The van der Waals surface area contributed by atoms with Crippen LogP contribution in [0.25, 0.3) is 10.7 Å². The van der Waals surface area contributed by atoms with Crippen LogP contribution in [0.2, 0.25) is 0 Å². The van der Waals surface area contributed by atoms with Gasteiger partial charge in [0.1, 0.15) is 5.69 Å². The monoisotopic (exact) mass is 363 g/mol. The second kappa shape index (κ2) is 8.52. The van der Waals surface area contributed by atoms with E-state index in [9.17, 15) is 9.59 Å². The molecular formula is C16H21N5O3S. The van der Waals surface area contributed by atoms with Crippen molar-refractivity contribution in [3.63, 3.8) is 0 Å². The number of nitrogens with one attached hydrogen (secondary N) is 2. The van der Waals surface area contributed by atoms with Crippen LogP contribution in [0, 0.1) is 0 Å². The number of nitrogens with zero attached hydrogens (tertiary/aromatic N) is 3. The normalized spacial score (nSPS) is 11.0. The molecule has 0 fully saturated rings. The van der Waals surface area contributed by atoms with Crippen molar-refractivity contribution in [1.82, 2.24) is 20.5 Å². The Balaban J connectivity index is 2.03. The summed E-state index contributed by atoms with van der Waals surface area (Å²) in [6.45, 7) is 3.83. The Labute approximate surface area is 150 Å². The summed E-state index contributed by atoms with van der Waals surface area (Å²) >= 11 is 1.23. The maximum absolute atomic E-state index is 12.3. The number of aromatic nitrogens is 3. The van der Waals surface area contributed by atoms with E-state index in [0.717, 1.165) is 0 Å². The Hall–Kier alpha value is -2.55. The lowest BCUT2D eigenvalue weighted by Gasteiger charge is -2.31. The molecule has 2 aromatic heterocycles. The molecule has 2 rings (SSSR count). The zero-order valence-corrected chi connectivity index (χ0v) is 15.2. The highest BCUT2D eigenvalue weighted by Gasteiger charge is 2.31. The summed E-state index contributed by atoms with van der Waals surface area (Å²) in [7, 11) is 1.33. The summed E-state index contributed by atoms with van der Waals surface area (Å²) in [6, 6.07) is 5.05. The standard InChI is InChI=1S/C16H21N5O3S/c1-4-16(5-2,10-12(22)24-3)19-14(23)18-15-21-20-13(25-15)11-8-6-7-9-17-11/h6-9H,4-5,10H2,1-3H3,(H2,18,19,21,23). The van der Waals surface area contributed by atoms with Crippen LogP contribution in [0.5, 0.6) is 0 Å². The van der Waals surface area contributed by atoms with Gasteiger partial charge in [0.25, 0.3) is 0 Å². The third kappa shape index (κ3) is 4.96. The van der Waals surface area contributed by atoms with Crippen LogP contribution in [0.15, 0.2) is 24.4 Å². The number of pyridine rings is 1. The van der Waals surface area contributed by atoms with Crippen LogP contribution in [0.3, 0.4) is 0 Å². The average molecular weight is 363 g/mol. The number of urea groups is 1. The van der Waals surface area contributed by atoms with Crippen molar-refractivity contribution in [2.45, 2.75) is 38.6 Å². The highest BCUT2D eigenvalue weighted by atomic mass is 32.1. The molecular weight excluding hydrogens is 342 g/mol. The van der Waals surface area contributed by atoms with Crippen LogP contribution in [0.1, 0.15) is 33.1 Å².